The van der Waals surface area contributed by atoms with Gasteiger partial charge in [0.1, 0.15) is 11.4 Å². The van der Waals surface area contributed by atoms with Crippen LogP contribution in [0.2, 0.25) is 0 Å². The molecule has 2 aromatic heterocycles. The van der Waals surface area contributed by atoms with Gasteiger partial charge in [0, 0.05) is 24.0 Å². The molecular weight excluding hydrogens is 365 g/mol. The minimum absolute atomic E-state index is 0.0179. The lowest BCUT2D eigenvalue weighted by molar-refractivity contribution is 0.00597. The minimum atomic E-state index is -1.04. The van der Waals surface area contributed by atoms with E-state index < -0.39 is 11.8 Å². The summed E-state index contributed by atoms with van der Waals surface area (Å²) in [6, 6.07) is 9.55. The van der Waals surface area contributed by atoms with E-state index in [0.717, 1.165) is 0 Å². The van der Waals surface area contributed by atoms with Crippen LogP contribution >= 0.6 is 0 Å². The van der Waals surface area contributed by atoms with Crippen LogP contribution in [0.25, 0.3) is 0 Å². The fraction of sp³-hybridized carbons (Fsp3) is 0.250. The van der Waals surface area contributed by atoms with Crippen molar-refractivity contribution in [3.63, 3.8) is 0 Å². The number of hydrogen-bond acceptors (Lipinski definition) is 4. The van der Waals surface area contributed by atoms with E-state index in [9.17, 15) is 19.1 Å². The molecule has 0 aliphatic carbocycles. The number of ether oxygens (including phenoxy) is 1. The van der Waals surface area contributed by atoms with E-state index in [1.54, 1.807) is 30.5 Å². The molecule has 1 saturated heterocycles. The van der Waals surface area contributed by atoms with Gasteiger partial charge in [0.25, 0.3) is 5.56 Å². The SMILES string of the molecule is O=C(O)c1cn(Cc2ccc(Cn3ccccc3=O)c(F)c2)nc1C1COC1. The highest BCUT2D eigenvalue weighted by atomic mass is 19.1. The predicted molar refractivity (Wildman–Crippen MR) is 98.1 cm³/mol. The number of nitrogens with zero attached hydrogens (tertiary/aromatic N) is 3. The normalized spacial score (nSPS) is 14.0. The Kier molecular flexibility index (Phi) is 4.79. The third-order valence-corrected chi connectivity index (χ3v) is 4.75. The number of benzene rings is 1. The fourth-order valence-corrected chi connectivity index (χ4v) is 3.16. The maximum atomic E-state index is 14.5. The van der Waals surface area contributed by atoms with Crippen LogP contribution in [0.15, 0.2) is 53.6 Å². The van der Waals surface area contributed by atoms with Gasteiger partial charge < -0.3 is 14.4 Å². The smallest absolute Gasteiger partial charge is 0.339 e. The molecule has 1 fully saturated rings. The van der Waals surface area contributed by atoms with Crippen LogP contribution in [0, 0.1) is 5.82 Å². The lowest BCUT2D eigenvalue weighted by atomic mass is 10.0. The molecule has 0 unspecified atom stereocenters. The molecule has 4 rings (SSSR count). The van der Waals surface area contributed by atoms with Gasteiger partial charge in [0.05, 0.1) is 37.9 Å². The van der Waals surface area contributed by atoms with Crippen molar-refractivity contribution in [3.8, 4) is 0 Å². The third-order valence-electron chi connectivity index (χ3n) is 4.75. The lowest BCUT2D eigenvalue weighted by Crippen LogP contribution is -2.27. The van der Waals surface area contributed by atoms with Gasteiger partial charge in [-0.25, -0.2) is 9.18 Å². The van der Waals surface area contributed by atoms with Gasteiger partial charge in [-0.05, 0) is 17.7 Å². The first kappa shape index (κ1) is 18.1. The molecule has 0 bridgehead atoms. The molecule has 3 heterocycles. The van der Waals surface area contributed by atoms with Gasteiger partial charge in [0.15, 0.2) is 0 Å². The fourth-order valence-electron chi connectivity index (χ4n) is 3.16. The Bertz CT molecular complexity index is 1090. The molecule has 0 radical (unpaired) electrons. The van der Waals surface area contributed by atoms with E-state index in [1.165, 1.54) is 27.6 Å². The van der Waals surface area contributed by atoms with Crippen molar-refractivity contribution < 1.29 is 19.0 Å². The number of pyridine rings is 1. The topological polar surface area (TPSA) is 86.3 Å². The number of rotatable bonds is 6. The number of halogens is 1. The molecule has 7 nitrogen and oxygen atoms in total. The van der Waals surface area contributed by atoms with E-state index in [1.807, 2.05) is 0 Å². The molecule has 1 aliphatic rings. The molecule has 1 aliphatic heterocycles. The Morgan fingerprint density at radius 3 is 2.71 bits per heavy atom. The van der Waals surface area contributed by atoms with Crippen molar-refractivity contribution in [1.82, 2.24) is 14.3 Å². The highest BCUT2D eigenvalue weighted by molar-refractivity contribution is 5.88. The third kappa shape index (κ3) is 3.59. The van der Waals surface area contributed by atoms with E-state index >= 15 is 0 Å². The van der Waals surface area contributed by atoms with Gasteiger partial charge in [-0.1, -0.05) is 18.2 Å². The standard InChI is InChI=1S/C20H18FN3O4/c21-17-7-13(4-5-14(17)9-23-6-2-1-3-18(23)25)8-24-10-16(20(26)27)19(22-24)15-11-28-12-15/h1-7,10,15H,8-9,11-12H2,(H,26,27). The highest BCUT2D eigenvalue weighted by Gasteiger charge is 2.29. The van der Waals surface area contributed by atoms with E-state index in [2.05, 4.69) is 5.10 Å². The molecule has 1 N–H and O–H groups in total. The number of hydrogen-bond donors (Lipinski definition) is 1. The Labute approximate surface area is 159 Å². The Hall–Kier alpha value is -3.26. The molecule has 1 aromatic carbocycles. The first-order valence-electron chi connectivity index (χ1n) is 8.82. The van der Waals surface area contributed by atoms with Crippen molar-refractivity contribution in [1.29, 1.82) is 0 Å². The van der Waals surface area contributed by atoms with Crippen LogP contribution in [0.3, 0.4) is 0 Å². The second-order valence-electron chi connectivity index (χ2n) is 6.76. The molecule has 0 amide bonds. The number of carboxylic acids is 1. The number of aromatic carboxylic acids is 1. The van der Waals surface area contributed by atoms with Crippen molar-refractivity contribution in [3.05, 3.63) is 87.3 Å². The van der Waals surface area contributed by atoms with Crippen LogP contribution in [0.1, 0.15) is 33.1 Å². The van der Waals surface area contributed by atoms with Crippen molar-refractivity contribution in [2.75, 3.05) is 13.2 Å². The Morgan fingerprint density at radius 2 is 2.07 bits per heavy atom. The average molecular weight is 383 g/mol. The van der Waals surface area contributed by atoms with Gasteiger partial charge in [0.2, 0.25) is 0 Å². The van der Waals surface area contributed by atoms with Crippen LogP contribution in [0.4, 0.5) is 4.39 Å². The van der Waals surface area contributed by atoms with Crippen LogP contribution < -0.4 is 5.56 Å². The second kappa shape index (κ2) is 7.40. The maximum Gasteiger partial charge on any atom is 0.339 e. The summed E-state index contributed by atoms with van der Waals surface area (Å²) in [5.41, 5.74) is 1.50. The monoisotopic (exact) mass is 383 g/mol. The maximum absolute atomic E-state index is 14.5. The van der Waals surface area contributed by atoms with E-state index in [-0.39, 0.29) is 30.1 Å². The summed E-state index contributed by atoms with van der Waals surface area (Å²) in [6.45, 7) is 1.30. The zero-order valence-corrected chi connectivity index (χ0v) is 14.9. The molecule has 0 atom stereocenters. The summed E-state index contributed by atoms with van der Waals surface area (Å²) >= 11 is 0. The van der Waals surface area contributed by atoms with E-state index in [4.69, 9.17) is 4.74 Å². The molecule has 3 aromatic rings. The highest BCUT2D eigenvalue weighted by Crippen LogP contribution is 2.26. The molecule has 0 saturated carbocycles. The largest absolute Gasteiger partial charge is 0.478 e. The molecular formula is C20H18FN3O4. The summed E-state index contributed by atoms with van der Waals surface area (Å²) in [6.07, 6.45) is 3.07. The zero-order valence-electron chi connectivity index (χ0n) is 14.9. The van der Waals surface area contributed by atoms with Crippen LogP contribution in [-0.4, -0.2) is 38.6 Å². The number of carboxylic acid groups (broad SMARTS) is 1. The van der Waals surface area contributed by atoms with Crippen LogP contribution in [-0.2, 0) is 17.8 Å². The summed E-state index contributed by atoms with van der Waals surface area (Å²) in [5, 5.41) is 13.7. The van der Waals surface area contributed by atoms with Crippen molar-refractivity contribution in [2.45, 2.75) is 19.0 Å². The summed E-state index contributed by atoms with van der Waals surface area (Å²) in [7, 11) is 0. The minimum Gasteiger partial charge on any atom is -0.478 e. The average Bonchev–Trinajstić information content (AvgIpc) is 3.01. The summed E-state index contributed by atoms with van der Waals surface area (Å²) in [4.78, 5) is 23.2. The summed E-state index contributed by atoms with van der Waals surface area (Å²) < 4.78 is 22.6. The summed E-state index contributed by atoms with van der Waals surface area (Å²) in [5.74, 6) is -1.48. The molecule has 28 heavy (non-hydrogen) atoms. The first-order chi connectivity index (χ1) is 13.5. The van der Waals surface area contributed by atoms with Crippen molar-refractivity contribution >= 4 is 5.97 Å². The number of aromatic nitrogens is 3. The van der Waals surface area contributed by atoms with Crippen LogP contribution in [0.5, 0.6) is 0 Å². The van der Waals surface area contributed by atoms with Crippen molar-refractivity contribution in [2.24, 2.45) is 0 Å². The van der Waals surface area contributed by atoms with Gasteiger partial charge in [-0.2, -0.15) is 5.10 Å². The lowest BCUT2D eigenvalue weighted by Gasteiger charge is -2.24. The van der Waals surface area contributed by atoms with Gasteiger partial charge >= 0.3 is 5.97 Å². The molecule has 144 valence electrons. The predicted octanol–water partition coefficient (Wildman–Crippen LogP) is 2.09. The zero-order chi connectivity index (χ0) is 19.7. The molecule has 0 spiro atoms. The number of carbonyl (C=O) groups is 1. The Morgan fingerprint density at radius 1 is 1.25 bits per heavy atom. The van der Waals surface area contributed by atoms with E-state index in [0.29, 0.717) is 30.0 Å². The molecule has 8 heteroatoms. The quantitative estimate of drug-likeness (QED) is 0.704. The van der Waals surface area contributed by atoms with Gasteiger partial charge in [-0.15, -0.1) is 0 Å². The second-order valence-corrected chi connectivity index (χ2v) is 6.76. The van der Waals surface area contributed by atoms with Gasteiger partial charge in [-0.3, -0.25) is 9.48 Å². The Balaban J connectivity index is 1.54. The first-order valence-corrected chi connectivity index (χ1v) is 8.82.